The molecule has 1 aliphatic heterocycles. The standard InChI is InChI=1S/C12H21NO3/c1-5-6-9-7-13(8-10(9)14)11(15)16-12(2,3)4/h5-6,9-10,14H,7-8H2,1-4H3/b6-5+/t9-,10-/m1/s1. The van der Waals surface area contributed by atoms with Gasteiger partial charge in [0.25, 0.3) is 0 Å². The predicted octanol–water partition coefficient (Wildman–Crippen LogP) is 1.79. The van der Waals surface area contributed by atoms with E-state index in [-0.39, 0.29) is 12.0 Å². The quantitative estimate of drug-likeness (QED) is 0.695. The van der Waals surface area contributed by atoms with Crippen molar-refractivity contribution in [3.63, 3.8) is 0 Å². The van der Waals surface area contributed by atoms with E-state index in [0.717, 1.165) is 0 Å². The Morgan fingerprint density at radius 1 is 1.44 bits per heavy atom. The van der Waals surface area contributed by atoms with Crippen LogP contribution < -0.4 is 0 Å². The number of rotatable bonds is 1. The van der Waals surface area contributed by atoms with E-state index in [0.29, 0.717) is 13.1 Å². The molecule has 0 aromatic heterocycles. The number of aliphatic hydroxyl groups excluding tert-OH is 1. The zero-order valence-electron chi connectivity index (χ0n) is 10.4. The third kappa shape index (κ3) is 3.52. The van der Waals surface area contributed by atoms with Crippen molar-refractivity contribution < 1.29 is 14.6 Å². The van der Waals surface area contributed by atoms with Crippen LogP contribution >= 0.6 is 0 Å². The van der Waals surface area contributed by atoms with E-state index in [1.807, 2.05) is 39.8 Å². The fraction of sp³-hybridized carbons (Fsp3) is 0.750. The first-order valence-electron chi connectivity index (χ1n) is 5.62. The number of nitrogens with zero attached hydrogens (tertiary/aromatic N) is 1. The predicted molar refractivity (Wildman–Crippen MR) is 62.1 cm³/mol. The fourth-order valence-corrected chi connectivity index (χ4v) is 1.72. The number of amides is 1. The second-order valence-corrected chi connectivity index (χ2v) is 5.14. The van der Waals surface area contributed by atoms with Crippen LogP contribution in [0.5, 0.6) is 0 Å². The molecule has 92 valence electrons. The van der Waals surface area contributed by atoms with Crippen LogP contribution in [0.15, 0.2) is 12.2 Å². The number of carbonyl (C=O) groups is 1. The van der Waals surface area contributed by atoms with E-state index in [9.17, 15) is 9.90 Å². The lowest BCUT2D eigenvalue weighted by atomic mass is 10.1. The van der Waals surface area contributed by atoms with Gasteiger partial charge in [0.1, 0.15) is 5.60 Å². The molecule has 0 radical (unpaired) electrons. The van der Waals surface area contributed by atoms with Gasteiger partial charge in [0.05, 0.1) is 12.6 Å². The number of allylic oxidation sites excluding steroid dienone is 1. The Balaban J connectivity index is 2.55. The number of likely N-dealkylation sites (tertiary alicyclic amines) is 1. The first-order valence-corrected chi connectivity index (χ1v) is 5.62. The van der Waals surface area contributed by atoms with Crippen molar-refractivity contribution in [2.75, 3.05) is 13.1 Å². The van der Waals surface area contributed by atoms with E-state index in [2.05, 4.69) is 0 Å². The zero-order chi connectivity index (χ0) is 12.3. The Labute approximate surface area is 96.9 Å². The van der Waals surface area contributed by atoms with Gasteiger partial charge in [-0.3, -0.25) is 0 Å². The van der Waals surface area contributed by atoms with Gasteiger partial charge in [0.2, 0.25) is 0 Å². The van der Waals surface area contributed by atoms with Crippen molar-refractivity contribution in [1.29, 1.82) is 0 Å². The normalized spacial score (nSPS) is 26.4. The Morgan fingerprint density at radius 3 is 2.56 bits per heavy atom. The number of ether oxygens (including phenoxy) is 1. The number of hydrogen-bond donors (Lipinski definition) is 1. The largest absolute Gasteiger partial charge is 0.444 e. The molecule has 1 heterocycles. The summed E-state index contributed by atoms with van der Waals surface area (Å²) in [5.74, 6) is 0.0255. The van der Waals surface area contributed by atoms with Gasteiger partial charge in [-0.25, -0.2) is 4.79 Å². The van der Waals surface area contributed by atoms with Gasteiger partial charge < -0.3 is 14.7 Å². The van der Waals surface area contributed by atoms with Crippen LogP contribution in [-0.4, -0.2) is 40.9 Å². The highest BCUT2D eigenvalue weighted by molar-refractivity contribution is 5.68. The molecule has 0 aromatic carbocycles. The smallest absolute Gasteiger partial charge is 0.410 e. The molecule has 0 spiro atoms. The summed E-state index contributed by atoms with van der Waals surface area (Å²) in [6, 6.07) is 0. The number of β-amino-alcohol motifs (C(OH)–C–C–N with tert-alkyl or cyclic N) is 1. The Hall–Kier alpha value is -1.03. The first kappa shape index (κ1) is 13.0. The SMILES string of the molecule is C/C=C/[C@@H]1CN(C(=O)OC(C)(C)C)C[C@H]1O. The Kier molecular flexibility index (Phi) is 3.97. The fourth-order valence-electron chi connectivity index (χ4n) is 1.72. The summed E-state index contributed by atoms with van der Waals surface area (Å²) >= 11 is 0. The minimum Gasteiger partial charge on any atom is -0.444 e. The highest BCUT2D eigenvalue weighted by Crippen LogP contribution is 2.20. The summed E-state index contributed by atoms with van der Waals surface area (Å²) in [5, 5.41) is 9.74. The van der Waals surface area contributed by atoms with Gasteiger partial charge in [0.15, 0.2) is 0 Å². The van der Waals surface area contributed by atoms with Crippen molar-refractivity contribution >= 4 is 6.09 Å². The molecular formula is C12H21NO3. The summed E-state index contributed by atoms with van der Waals surface area (Å²) in [6.07, 6.45) is 2.99. The molecule has 1 N–H and O–H groups in total. The molecule has 16 heavy (non-hydrogen) atoms. The molecule has 0 saturated carbocycles. The maximum atomic E-state index is 11.7. The van der Waals surface area contributed by atoms with E-state index in [4.69, 9.17) is 4.74 Å². The lowest BCUT2D eigenvalue weighted by Crippen LogP contribution is -2.35. The lowest BCUT2D eigenvalue weighted by Gasteiger charge is -2.24. The molecular weight excluding hydrogens is 206 g/mol. The molecule has 1 amide bonds. The van der Waals surface area contributed by atoms with Crippen LogP contribution in [0.4, 0.5) is 4.79 Å². The Bertz CT molecular complexity index is 280. The van der Waals surface area contributed by atoms with E-state index in [1.54, 1.807) is 4.90 Å². The Morgan fingerprint density at radius 2 is 2.06 bits per heavy atom. The van der Waals surface area contributed by atoms with E-state index in [1.165, 1.54) is 0 Å². The molecule has 0 aromatic rings. The van der Waals surface area contributed by atoms with Crippen LogP contribution in [-0.2, 0) is 4.74 Å². The van der Waals surface area contributed by atoms with Crippen molar-refractivity contribution in [2.24, 2.45) is 5.92 Å². The number of hydrogen-bond acceptors (Lipinski definition) is 3. The topological polar surface area (TPSA) is 49.8 Å². The van der Waals surface area contributed by atoms with E-state index < -0.39 is 11.7 Å². The van der Waals surface area contributed by atoms with Crippen molar-refractivity contribution in [1.82, 2.24) is 4.90 Å². The molecule has 4 heteroatoms. The maximum absolute atomic E-state index is 11.7. The molecule has 0 bridgehead atoms. The maximum Gasteiger partial charge on any atom is 0.410 e. The van der Waals surface area contributed by atoms with Crippen LogP contribution in [0, 0.1) is 5.92 Å². The van der Waals surface area contributed by atoms with E-state index >= 15 is 0 Å². The van der Waals surface area contributed by atoms with Crippen LogP contribution in [0.3, 0.4) is 0 Å². The van der Waals surface area contributed by atoms with Gasteiger partial charge in [-0.15, -0.1) is 0 Å². The number of carbonyl (C=O) groups excluding carboxylic acids is 1. The summed E-state index contributed by atoms with van der Waals surface area (Å²) in [7, 11) is 0. The summed E-state index contributed by atoms with van der Waals surface area (Å²) < 4.78 is 5.25. The molecule has 0 unspecified atom stereocenters. The minimum atomic E-state index is -0.485. The molecule has 1 aliphatic rings. The summed E-state index contributed by atoms with van der Waals surface area (Å²) in [4.78, 5) is 13.3. The van der Waals surface area contributed by atoms with Crippen molar-refractivity contribution in [2.45, 2.75) is 39.4 Å². The summed E-state index contributed by atoms with van der Waals surface area (Å²) in [6.45, 7) is 8.29. The van der Waals surface area contributed by atoms with Crippen LogP contribution in [0.2, 0.25) is 0 Å². The monoisotopic (exact) mass is 227 g/mol. The van der Waals surface area contributed by atoms with Gasteiger partial charge in [0, 0.05) is 12.5 Å². The van der Waals surface area contributed by atoms with Crippen molar-refractivity contribution in [3.8, 4) is 0 Å². The van der Waals surface area contributed by atoms with Crippen LogP contribution in [0.25, 0.3) is 0 Å². The van der Waals surface area contributed by atoms with Gasteiger partial charge in [-0.1, -0.05) is 12.2 Å². The third-order valence-corrected chi connectivity index (χ3v) is 2.42. The van der Waals surface area contributed by atoms with Gasteiger partial charge in [-0.2, -0.15) is 0 Å². The lowest BCUT2D eigenvalue weighted by molar-refractivity contribution is 0.0270. The van der Waals surface area contributed by atoms with Gasteiger partial charge >= 0.3 is 6.09 Å². The van der Waals surface area contributed by atoms with Gasteiger partial charge in [-0.05, 0) is 27.7 Å². The number of aliphatic hydroxyl groups is 1. The average Bonchev–Trinajstić information content (AvgIpc) is 2.46. The molecule has 1 saturated heterocycles. The molecule has 1 fully saturated rings. The highest BCUT2D eigenvalue weighted by Gasteiger charge is 2.34. The van der Waals surface area contributed by atoms with Crippen LogP contribution in [0.1, 0.15) is 27.7 Å². The summed E-state index contributed by atoms with van der Waals surface area (Å²) in [5.41, 5.74) is -0.485. The zero-order valence-corrected chi connectivity index (χ0v) is 10.4. The first-order chi connectivity index (χ1) is 7.33. The van der Waals surface area contributed by atoms with Crippen molar-refractivity contribution in [3.05, 3.63) is 12.2 Å². The molecule has 1 rings (SSSR count). The second kappa shape index (κ2) is 4.87. The second-order valence-electron chi connectivity index (χ2n) is 5.14. The average molecular weight is 227 g/mol. The third-order valence-electron chi connectivity index (χ3n) is 2.42. The molecule has 2 atom stereocenters. The highest BCUT2D eigenvalue weighted by atomic mass is 16.6. The minimum absolute atomic E-state index is 0.0255. The molecule has 0 aliphatic carbocycles. The molecule has 4 nitrogen and oxygen atoms in total.